The lowest BCUT2D eigenvalue weighted by molar-refractivity contribution is -0.00789. The molecule has 1 aromatic carbocycles. The van der Waals surface area contributed by atoms with Gasteiger partial charge in [-0.25, -0.2) is 19.3 Å². The van der Waals surface area contributed by atoms with Crippen molar-refractivity contribution in [2.24, 2.45) is 5.92 Å². The van der Waals surface area contributed by atoms with Gasteiger partial charge in [-0.3, -0.25) is 9.88 Å². The van der Waals surface area contributed by atoms with Gasteiger partial charge in [0.05, 0.1) is 17.8 Å². The number of ether oxygens (including phenoxy) is 1. The maximum absolute atomic E-state index is 15.4. The maximum atomic E-state index is 15.4. The Bertz CT molecular complexity index is 1510. The van der Waals surface area contributed by atoms with Crippen molar-refractivity contribution in [1.29, 1.82) is 5.26 Å². The number of nitrogens with zero attached hydrogens (tertiary/aromatic N) is 7. The molecule has 3 fully saturated rings. The Hall–Kier alpha value is -3.55. The first-order valence-corrected chi connectivity index (χ1v) is 12.2. The molecule has 3 saturated heterocycles. The summed E-state index contributed by atoms with van der Waals surface area (Å²) >= 11 is 0. The van der Waals surface area contributed by atoms with Gasteiger partial charge in [-0.2, -0.15) is 18.8 Å². The number of piperidine rings is 3. The number of benzene rings is 1. The van der Waals surface area contributed by atoms with Crippen LogP contribution < -0.4 is 4.74 Å². The predicted molar refractivity (Wildman–Crippen MR) is 142 cm³/mol. The molecule has 2 bridgehead atoms. The number of hydrogen-bond donors (Lipinski definition) is 0. The Labute approximate surface area is 221 Å². The summed E-state index contributed by atoms with van der Waals surface area (Å²) in [5, 5.41) is 9.34. The van der Waals surface area contributed by atoms with E-state index < -0.39 is 0 Å². The lowest BCUT2D eigenvalue weighted by atomic mass is 9.86. The van der Waals surface area contributed by atoms with E-state index >= 15 is 4.39 Å². The third-order valence-corrected chi connectivity index (χ3v) is 7.24. The van der Waals surface area contributed by atoms with E-state index in [9.17, 15) is 5.26 Å². The lowest BCUT2D eigenvalue weighted by Crippen LogP contribution is -2.52. The zero-order valence-electron chi connectivity index (χ0n) is 20.8. The fourth-order valence-corrected chi connectivity index (χ4v) is 5.39. The molecule has 3 aliphatic heterocycles. The van der Waals surface area contributed by atoms with E-state index in [1.54, 1.807) is 18.3 Å². The zero-order chi connectivity index (χ0) is 24.8. The van der Waals surface area contributed by atoms with E-state index in [0.717, 1.165) is 38.2 Å². The Kier molecular flexibility index (Phi) is 6.84. The van der Waals surface area contributed by atoms with Crippen LogP contribution in [0.2, 0.25) is 0 Å². The van der Waals surface area contributed by atoms with Crippen LogP contribution in [0.25, 0.3) is 22.6 Å². The van der Waals surface area contributed by atoms with Gasteiger partial charge in [-0.15, -0.1) is 0 Å². The third kappa shape index (κ3) is 4.77. The second-order valence-electron chi connectivity index (χ2n) is 9.67. The fourth-order valence-electron chi connectivity index (χ4n) is 5.39. The Morgan fingerprint density at radius 1 is 1.11 bits per heavy atom. The van der Waals surface area contributed by atoms with Crippen molar-refractivity contribution < 1.29 is 9.13 Å². The topological polar surface area (TPSA) is 92.8 Å². The molecular weight excluding hydrogens is 489 g/mol. The molecule has 0 aliphatic carbocycles. The van der Waals surface area contributed by atoms with Crippen LogP contribution in [-0.2, 0) is 6.54 Å². The molecule has 8 nitrogen and oxygen atoms in total. The highest BCUT2D eigenvalue weighted by Gasteiger charge is 2.35. The average Bonchev–Trinajstić information content (AvgIpc) is 3.25. The van der Waals surface area contributed by atoms with Crippen molar-refractivity contribution in [3.8, 4) is 23.2 Å². The molecule has 0 N–H and O–H groups in total. The number of halogens is 1. The minimum absolute atomic E-state index is 0. The van der Waals surface area contributed by atoms with E-state index in [0.29, 0.717) is 51.2 Å². The van der Waals surface area contributed by atoms with Crippen LogP contribution in [-0.4, -0.2) is 55.1 Å². The first-order chi connectivity index (χ1) is 17.5. The molecular formula is C27H28FN7OS. The van der Waals surface area contributed by atoms with E-state index in [-0.39, 0.29) is 32.0 Å². The summed E-state index contributed by atoms with van der Waals surface area (Å²) in [6.07, 6.45) is 5.55. The molecule has 190 valence electrons. The van der Waals surface area contributed by atoms with Crippen molar-refractivity contribution in [2.75, 3.05) is 19.6 Å². The van der Waals surface area contributed by atoms with Crippen LogP contribution >= 0.6 is 13.5 Å². The molecule has 7 rings (SSSR count). The number of aromatic nitrogens is 5. The third-order valence-electron chi connectivity index (χ3n) is 7.24. The van der Waals surface area contributed by atoms with Gasteiger partial charge >= 0.3 is 0 Å². The molecule has 4 aromatic rings. The molecule has 0 amide bonds. The van der Waals surface area contributed by atoms with Crippen LogP contribution in [0, 0.1) is 36.9 Å². The first-order valence-electron chi connectivity index (χ1n) is 12.2. The van der Waals surface area contributed by atoms with Gasteiger partial charge in [0.25, 0.3) is 0 Å². The van der Waals surface area contributed by atoms with Crippen molar-refractivity contribution in [3.05, 3.63) is 65.1 Å². The van der Waals surface area contributed by atoms with Gasteiger partial charge in [0.1, 0.15) is 40.9 Å². The number of fused-ring (bicyclic) bond motifs is 4. The minimum atomic E-state index is -0.340. The van der Waals surface area contributed by atoms with Gasteiger partial charge < -0.3 is 9.30 Å². The summed E-state index contributed by atoms with van der Waals surface area (Å²) in [4.78, 5) is 20.4. The highest BCUT2D eigenvalue weighted by atomic mass is 32.1. The second-order valence-corrected chi connectivity index (χ2v) is 9.67. The Morgan fingerprint density at radius 2 is 1.92 bits per heavy atom. The Balaban J connectivity index is 0.00000280. The zero-order valence-corrected chi connectivity index (χ0v) is 21.8. The van der Waals surface area contributed by atoms with Gasteiger partial charge in [0.2, 0.25) is 0 Å². The van der Waals surface area contributed by atoms with Crippen LogP contribution in [0.5, 0.6) is 5.75 Å². The molecule has 1 unspecified atom stereocenters. The number of rotatable bonds is 5. The van der Waals surface area contributed by atoms with Gasteiger partial charge in [-0.1, -0.05) is 6.07 Å². The summed E-state index contributed by atoms with van der Waals surface area (Å²) in [5.74, 6) is 1.93. The number of aryl methyl sites for hydroxylation is 2. The second kappa shape index (κ2) is 10.1. The summed E-state index contributed by atoms with van der Waals surface area (Å²) in [7, 11) is 0. The van der Waals surface area contributed by atoms with Gasteiger partial charge in [0.15, 0.2) is 5.65 Å². The van der Waals surface area contributed by atoms with Gasteiger partial charge in [0, 0.05) is 36.1 Å². The summed E-state index contributed by atoms with van der Waals surface area (Å²) in [5.41, 5.74) is 3.57. The monoisotopic (exact) mass is 517 g/mol. The SMILES string of the molecule is Cc1nc(C)c2nc(-c3cncc(C#N)c3)n(Cc3ccc(OC4CN5CCC4CC5)cc3F)c2n1.S. The standard InChI is InChI=1S/C27H26FN7O.H2S/c1-16-25-27(32-17(2)31-16)35(26(33-25)21-9-18(11-29)12-30-13-21)14-20-3-4-22(10-23(20)28)36-24-15-34-7-5-19(24)6-8-34;/h3-4,9-10,12-13,19,24H,5-8,14-15H2,1-2H3;1H2. The van der Waals surface area contributed by atoms with Crippen molar-refractivity contribution >= 4 is 24.7 Å². The van der Waals surface area contributed by atoms with Gasteiger partial charge in [-0.05, 0) is 57.8 Å². The molecule has 37 heavy (non-hydrogen) atoms. The quantitative estimate of drug-likeness (QED) is 0.393. The molecule has 3 aliphatic rings. The predicted octanol–water partition coefficient (Wildman–Crippen LogP) is 4.15. The number of hydrogen-bond acceptors (Lipinski definition) is 7. The molecule has 10 heteroatoms. The largest absolute Gasteiger partial charge is 0.489 e. The fraction of sp³-hybridized carbons (Fsp3) is 0.370. The van der Waals surface area contributed by atoms with Crippen molar-refractivity contribution in [3.63, 3.8) is 0 Å². The highest BCUT2D eigenvalue weighted by Crippen LogP contribution is 2.32. The van der Waals surface area contributed by atoms with E-state index in [2.05, 4.69) is 25.9 Å². The summed E-state index contributed by atoms with van der Waals surface area (Å²) < 4.78 is 23.5. The lowest BCUT2D eigenvalue weighted by Gasteiger charge is -2.44. The van der Waals surface area contributed by atoms with E-state index in [1.165, 1.54) is 12.3 Å². The summed E-state index contributed by atoms with van der Waals surface area (Å²) in [6.45, 7) is 7.09. The molecule has 3 aromatic heterocycles. The molecule has 1 atom stereocenters. The maximum Gasteiger partial charge on any atom is 0.164 e. The van der Waals surface area contributed by atoms with E-state index in [1.807, 2.05) is 24.5 Å². The van der Waals surface area contributed by atoms with Crippen LogP contribution in [0.4, 0.5) is 4.39 Å². The molecule has 0 saturated carbocycles. The van der Waals surface area contributed by atoms with E-state index in [4.69, 9.17) is 9.72 Å². The highest BCUT2D eigenvalue weighted by molar-refractivity contribution is 7.59. The normalized spacial score (nSPS) is 20.4. The van der Waals surface area contributed by atoms with Crippen LogP contribution in [0.3, 0.4) is 0 Å². The van der Waals surface area contributed by atoms with Crippen LogP contribution in [0.1, 0.15) is 35.5 Å². The molecule has 0 radical (unpaired) electrons. The average molecular weight is 518 g/mol. The number of imidazole rings is 1. The van der Waals surface area contributed by atoms with Crippen LogP contribution in [0.15, 0.2) is 36.7 Å². The Morgan fingerprint density at radius 3 is 2.62 bits per heavy atom. The number of nitriles is 1. The smallest absolute Gasteiger partial charge is 0.164 e. The van der Waals surface area contributed by atoms with Crippen molar-refractivity contribution in [2.45, 2.75) is 39.3 Å². The van der Waals surface area contributed by atoms with Crippen molar-refractivity contribution in [1.82, 2.24) is 29.4 Å². The molecule has 6 heterocycles. The molecule has 0 spiro atoms. The number of pyridine rings is 1. The first kappa shape index (κ1) is 25.1. The minimum Gasteiger partial charge on any atom is -0.489 e. The summed E-state index contributed by atoms with van der Waals surface area (Å²) in [6, 6.07) is 8.94.